The van der Waals surface area contributed by atoms with Crippen molar-refractivity contribution in [2.45, 2.75) is 52.0 Å². The fourth-order valence-electron chi connectivity index (χ4n) is 2.92. The van der Waals surface area contributed by atoms with E-state index < -0.39 is 0 Å². The zero-order valence-corrected chi connectivity index (χ0v) is 12.9. The van der Waals surface area contributed by atoms with Gasteiger partial charge >= 0.3 is 0 Å². The van der Waals surface area contributed by atoms with E-state index in [4.69, 9.17) is 0 Å². The summed E-state index contributed by atoms with van der Waals surface area (Å²) in [5.41, 5.74) is 1.81. The monoisotopic (exact) mass is 291 g/mol. The minimum atomic E-state index is -0.327. The molecule has 2 rings (SSSR count). The van der Waals surface area contributed by atoms with Gasteiger partial charge in [-0.25, -0.2) is 0 Å². The molecule has 0 saturated heterocycles. The van der Waals surface area contributed by atoms with Crippen molar-refractivity contribution in [2.24, 2.45) is 5.92 Å². The van der Waals surface area contributed by atoms with Crippen molar-refractivity contribution in [3.8, 4) is 0 Å². The van der Waals surface area contributed by atoms with Crippen molar-refractivity contribution in [3.05, 3.63) is 28.3 Å². The lowest BCUT2D eigenvalue weighted by Gasteiger charge is -2.30. The largest absolute Gasteiger partial charge is 0.385 e. The van der Waals surface area contributed by atoms with E-state index in [1.807, 2.05) is 6.07 Å². The number of non-ortho nitro benzene ring substituents is 1. The van der Waals surface area contributed by atoms with Gasteiger partial charge in [-0.05, 0) is 31.2 Å². The maximum atomic E-state index is 11.1. The maximum absolute atomic E-state index is 11.1. The Bertz CT molecular complexity index is 490. The molecule has 2 N–H and O–H groups in total. The van der Waals surface area contributed by atoms with Gasteiger partial charge in [0.2, 0.25) is 0 Å². The van der Waals surface area contributed by atoms with Gasteiger partial charge in [0.25, 0.3) is 5.69 Å². The normalized spacial score (nSPS) is 21.8. The van der Waals surface area contributed by atoms with Gasteiger partial charge < -0.3 is 10.6 Å². The predicted molar refractivity (Wildman–Crippen MR) is 86.9 cm³/mol. The molecule has 0 heterocycles. The fraction of sp³-hybridized carbons (Fsp3) is 0.625. The van der Waals surface area contributed by atoms with Gasteiger partial charge in [-0.1, -0.05) is 26.7 Å². The van der Waals surface area contributed by atoms with Gasteiger partial charge in [0.1, 0.15) is 0 Å². The molecule has 0 radical (unpaired) electrons. The summed E-state index contributed by atoms with van der Waals surface area (Å²) < 4.78 is 0. The van der Waals surface area contributed by atoms with E-state index in [2.05, 4.69) is 24.5 Å². The van der Waals surface area contributed by atoms with E-state index in [0.29, 0.717) is 12.0 Å². The lowest BCUT2D eigenvalue weighted by atomic mass is 9.86. The van der Waals surface area contributed by atoms with Crippen LogP contribution in [0.1, 0.15) is 46.0 Å². The van der Waals surface area contributed by atoms with Gasteiger partial charge in [0, 0.05) is 36.1 Å². The third kappa shape index (κ3) is 4.34. The molecule has 1 saturated carbocycles. The summed E-state index contributed by atoms with van der Waals surface area (Å²) in [6.07, 6.45) is 5.88. The molecule has 0 amide bonds. The van der Waals surface area contributed by atoms with Crippen LogP contribution < -0.4 is 10.6 Å². The van der Waals surface area contributed by atoms with Gasteiger partial charge in [0.15, 0.2) is 0 Å². The van der Waals surface area contributed by atoms with E-state index >= 15 is 0 Å². The molecule has 5 heteroatoms. The molecule has 1 aliphatic carbocycles. The molecule has 0 aliphatic heterocycles. The predicted octanol–water partition coefficient (Wildman–Crippen LogP) is 4.41. The van der Waals surface area contributed by atoms with E-state index in [9.17, 15) is 10.1 Å². The summed E-state index contributed by atoms with van der Waals surface area (Å²) in [5, 5.41) is 17.8. The molecule has 116 valence electrons. The zero-order chi connectivity index (χ0) is 15.2. The molecule has 0 aromatic heterocycles. The van der Waals surface area contributed by atoms with Crippen LogP contribution in [0.4, 0.5) is 17.1 Å². The lowest BCUT2D eigenvalue weighted by molar-refractivity contribution is -0.384. The minimum absolute atomic E-state index is 0.141. The Morgan fingerprint density at radius 1 is 1.24 bits per heavy atom. The summed E-state index contributed by atoms with van der Waals surface area (Å²) in [6.45, 7) is 5.15. The molecule has 0 bridgehead atoms. The molecular formula is C16H25N3O2. The standard InChI is InChI=1S/C16H25N3O2/c1-3-8-17-13-9-14(11-15(10-13)19(20)21)18-16-7-5-4-6-12(16)2/h9-12,16-18H,3-8H2,1-2H3. The Hall–Kier alpha value is -1.78. The Balaban J connectivity index is 2.16. The van der Waals surface area contributed by atoms with Gasteiger partial charge in [0.05, 0.1) is 4.92 Å². The number of nitro benzene ring substituents is 1. The van der Waals surface area contributed by atoms with Crippen LogP contribution in [0.5, 0.6) is 0 Å². The van der Waals surface area contributed by atoms with Crippen LogP contribution in [0, 0.1) is 16.0 Å². The number of nitrogens with zero attached hydrogens (tertiary/aromatic N) is 1. The fourth-order valence-corrected chi connectivity index (χ4v) is 2.92. The number of rotatable bonds is 6. The number of hydrogen-bond donors (Lipinski definition) is 2. The lowest BCUT2D eigenvalue weighted by Crippen LogP contribution is -2.30. The molecule has 21 heavy (non-hydrogen) atoms. The average molecular weight is 291 g/mol. The molecule has 1 aromatic rings. The van der Waals surface area contributed by atoms with Crippen LogP contribution in [-0.2, 0) is 0 Å². The molecule has 2 unspecified atom stereocenters. The SMILES string of the molecule is CCCNc1cc(NC2CCCCC2C)cc([N+](=O)[O-])c1. The number of anilines is 2. The van der Waals surface area contributed by atoms with Crippen molar-refractivity contribution >= 4 is 17.1 Å². The van der Waals surface area contributed by atoms with Crippen LogP contribution in [0.3, 0.4) is 0 Å². The van der Waals surface area contributed by atoms with E-state index in [1.54, 1.807) is 12.1 Å². The summed E-state index contributed by atoms with van der Waals surface area (Å²) in [5.74, 6) is 0.616. The summed E-state index contributed by atoms with van der Waals surface area (Å²) in [7, 11) is 0. The Labute approximate surface area is 126 Å². The number of nitro groups is 1. The second kappa shape index (κ2) is 7.29. The van der Waals surface area contributed by atoms with Crippen molar-refractivity contribution in [1.29, 1.82) is 0 Å². The molecular weight excluding hydrogens is 266 g/mol. The minimum Gasteiger partial charge on any atom is -0.385 e. The summed E-state index contributed by atoms with van der Waals surface area (Å²) in [4.78, 5) is 10.8. The number of benzene rings is 1. The second-order valence-corrected chi connectivity index (χ2v) is 5.97. The second-order valence-electron chi connectivity index (χ2n) is 5.97. The summed E-state index contributed by atoms with van der Waals surface area (Å²) in [6, 6.07) is 5.63. The number of nitrogens with one attached hydrogen (secondary N) is 2. The van der Waals surface area contributed by atoms with Crippen molar-refractivity contribution in [2.75, 3.05) is 17.2 Å². The van der Waals surface area contributed by atoms with Gasteiger partial charge in [-0.3, -0.25) is 10.1 Å². The molecule has 1 fully saturated rings. The van der Waals surface area contributed by atoms with Crippen LogP contribution >= 0.6 is 0 Å². The average Bonchev–Trinajstić information content (AvgIpc) is 2.47. The van der Waals surface area contributed by atoms with E-state index in [1.165, 1.54) is 19.3 Å². The first-order chi connectivity index (χ1) is 10.1. The van der Waals surface area contributed by atoms with Crippen molar-refractivity contribution < 1.29 is 4.92 Å². The van der Waals surface area contributed by atoms with Crippen molar-refractivity contribution in [1.82, 2.24) is 0 Å². The number of hydrogen-bond acceptors (Lipinski definition) is 4. The van der Waals surface area contributed by atoms with Gasteiger partial charge in [-0.2, -0.15) is 0 Å². The molecule has 1 aromatic carbocycles. The first-order valence-electron chi connectivity index (χ1n) is 7.90. The van der Waals surface area contributed by atoms with Gasteiger partial charge in [-0.15, -0.1) is 0 Å². The first-order valence-corrected chi connectivity index (χ1v) is 7.90. The highest BCUT2D eigenvalue weighted by molar-refractivity contribution is 5.63. The van der Waals surface area contributed by atoms with Crippen LogP contribution in [0.2, 0.25) is 0 Å². The van der Waals surface area contributed by atoms with Crippen LogP contribution in [-0.4, -0.2) is 17.5 Å². The zero-order valence-electron chi connectivity index (χ0n) is 12.9. The highest BCUT2D eigenvalue weighted by Gasteiger charge is 2.21. The highest BCUT2D eigenvalue weighted by atomic mass is 16.6. The van der Waals surface area contributed by atoms with E-state index in [-0.39, 0.29) is 10.6 Å². The first kappa shape index (κ1) is 15.6. The quantitative estimate of drug-likeness (QED) is 0.602. The smallest absolute Gasteiger partial charge is 0.273 e. The molecule has 1 aliphatic rings. The topological polar surface area (TPSA) is 67.2 Å². The maximum Gasteiger partial charge on any atom is 0.273 e. The van der Waals surface area contributed by atoms with Crippen molar-refractivity contribution in [3.63, 3.8) is 0 Å². The van der Waals surface area contributed by atoms with Crippen LogP contribution in [0.15, 0.2) is 18.2 Å². The molecule has 0 spiro atoms. The Morgan fingerprint density at radius 2 is 1.95 bits per heavy atom. The third-order valence-electron chi connectivity index (χ3n) is 4.17. The Kier molecular flexibility index (Phi) is 5.42. The molecule has 2 atom stereocenters. The molecule has 5 nitrogen and oxygen atoms in total. The highest BCUT2D eigenvalue weighted by Crippen LogP contribution is 2.30. The van der Waals surface area contributed by atoms with Crippen LogP contribution in [0.25, 0.3) is 0 Å². The summed E-state index contributed by atoms with van der Waals surface area (Å²) >= 11 is 0. The van der Waals surface area contributed by atoms with E-state index in [0.717, 1.165) is 30.8 Å². The third-order valence-corrected chi connectivity index (χ3v) is 4.17. The Morgan fingerprint density at radius 3 is 2.62 bits per heavy atom.